The van der Waals surface area contributed by atoms with E-state index >= 15 is 0 Å². The van der Waals surface area contributed by atoms with Crippen LogP contribution in [0.2, 0.25) is 0 Å². The van der Waals surface area contributed by atoms with Gasteiger partial charge in [0.15, 0.2) is 5.41 Å². The van der Waals surface area contributed by atoms with Crippen molar-refractivity contribution in [3.8, 4) is 11.4 Å². The minimum absolute atomic E-state index is 0.0485. The van der Waals surface area contributed by atoms with Gasteiger partial charge in [-0.15, -0.1) is 0 Å². The zero-order valence-electron chi connectivity index (χ0n) is 14.8. The fraction of sp³-hybridized carbons (Fsp3) is 0.333. The molecule has 0 saturated carbocycles. The van der Waals surface area contributed by atoms with E-state index in [1.54, 1.807) is 36.2 Å². The van der Waals surface area contributed by atoms with Gasteiger partial charge in [0.2, 0.25) is 11.7 Å². The van der Waals surface area contributed by atoms with Crippen LogP contribution in [0.5, 0.6) is 0 Å². The predicted molar refractivity (Wildman–Crippen MR) is 93.8 cm³/mol. The van der Waals surface area contributed by atoms with E-state index in [1.165, 1.54) is 23.0 Å². The van der Waals surface area contributed by atoms with Gasteiger partial charge in [0.1, 0.15) is 5.82 Å². The molecule has 4 heterocycles. The maximum atomic E-state index is 14.1. The van der Waals surface area contributed by atoms with Crippen molar-refractivity contribution in [1.82, 2.24) is 19.7 Å². The summed E-state index contributed by atoms with van der Waals surface area (Å²) in [7, 11) is 1.57. The lowest BCUT2D eigenvalue weighted by atomic mass is 9.86. The second kappa shape index (κ2) is 6.47. The van der Waals surface area contributed by atoms with Gasteiger partial charge in [-0.25, -0.2) is 4.98 Å². The lowest BCUT2D eigenvalue weighted by Gasteiger charge is -2.28. The summed E-state index contributed by atoms with van der Waals surface area (Å²) in [5.41, 5.74) is -2.32. The lowest BCUT2D eigenvalue weighted by molar-refractivity contribution is -0.191. The molecule has 1 fully saturated rings. The molecule has 1 saturated heterocycles. The zero-order chi connectivity index (χ0) is 19.9. The normalized spacial score (nSPS) is 19.9. The van der Waals surface area contributed by atoms with Gasteiger partial charge in [0.05, 0.1) is 0 Å². The first-order chi connectivity index (χ1) is 13.3. The number of nitrogens with zero attached hydrogens (tertiary/aromatic N) is 5. The number of pyridine rings is 2. The summed E-state index contributed by atoms with van der Waals surface area (Å²) in [4.78, 5) is 21.5. The Bertz CT molecular complexity index is 1050. The third kappa shape index (κ3) is 2.94. The molecule has 0 radical (unpaired) electrons. The van der Waals surface area contributed by atoms with Crippen LogP contribution in [0.3, 0.4) is 0 Å². The van der Waals surface area contributed by atoms with Crippen molar-refractivity contribution in [2.24, 2.45) is 7.05 Å². The maximum Gasteiger partial charge on any atom is 0.405 e. The number of anilines is 1. The molecule has 1 unspecified atom stereocenters. The summed E-state index contributed by atoms with van der Waals surface area (Å²) in [5.74, 6) is -0.0957. The minimum Gasteiger partial charge on any atom is -0.355 e. The van der Waals surface area contributed by atoms with Crippen LogP contribution in [0.15, 0.2) is 52.0 Å². The fourth-order valence-electron chi connectivity index (χ4n) is 3.30. The number of aryl methyl sites for hydroxylation is 1. The van der Waals surface area contributed by atoms with Gasteiger partial charge in [0, 0.05) is 44.2 Å². The van der Waals surface area contributed by atoms with Gasteiger partial charge in [-0.3, -0.25) is 4.79 Å². The molecule has 0 aliphatic carbocycles. The molecule has 3 aromatic rings. The number of halogens is 3. The second-order valence-corrected chi connectivity index (χ2v) is 6.73. The summed E-state index contributed by atoms with van der Waals surface area (Å²) >= 11 is 0. The van der Waals surface area contributed by atoms with Crippen molar-refractivity contribution in [3.05, 3.63) is 59.0 Å². The van der Waals surface area contributed by atoms with Gasteiger partial charge < -0.3 is 14.0 Å². The molecule has 0 amide bonds. The number of hydrogen-bond donors (Lipinski definition) is 0. The second-order valence-electron chi connectivity index (χ2n) is 6.73. The van der Waals surface area contributed by atoms with Crippen molar-refractivity contribution >= 4 is 5.82 Å². The molecule has 3 aromatic heterocycles. The Morgan fingerprint density at radius 1 is 1.25 bits per heavy atom. The molecule has 7 nitrogen and oxygen atoms in total. The Kier molecular flexibility index (Phi) is 4.20. The Morgan fingerprint density at radius 3 is 2.75 bits per heavy atom. The highest BCUT2D eigenvalue weighted by molar-refractivity contribution is 5.53. The van der Waals surface area contributed by atoms with Crippen LogP contribution in [-0.2, 0) is 12.5 Å². The lowest BCUT2D eigenvalue weighted by Crippen LogP contribution is -2.45. The summed E-state index contributed by atoms with van der Waals surface area (Å²) in [6, 6.07) is 7.88. The molecule has 4 rings (SSSR count). The van der Waals surface area contributed by atoms with E-state index in [9.17, 15) is 18.0 Å². The molecular weight excluding hydrogens is 375 g/mol. The van der Waals surface area contributed by atoms with Gasteiger partial charge in [-0.2, -0.15) is 18.2 Å². The Labute approximate surface area is 157 Å². The van der Waals surface area contributed by atoms with Crippen LogP contribution in [-0.4, -0.2) is 39.0 Å². The SMILES string of the molecule is Cn1ccc(-c2noc(C3(C(F)(F)F)CCN(c4ccccn4)C3)n2)cc1=O. The highest BCUT2D eigenvalue weighted by atomic mass is 19.4. The summed E-state index contributed by atoms with van der Waals surface area (Å²) in [6.07, 6.45) is -1.80. The molecule has 1 atom stereocenters. The average Bonchev–Trinajstić information content (AvgIpc) is 3.32. The molecule has 0 aromatic carbocycles. The first kappa shape index (κ1) is 18.2. The van der Waals surface area contributed by atoms with Crippen LogP contribution in [0.25, 0.3) is 11.4 Å². The highest BCUT2D eigenvalue weighted by Crippen LogP contribution is 2.48. The number of hydrogen-bond acceptors (Lipinski definition) is 6. The molecule has 10 heteroatoms. The molecule has 146 valence electrons. The van der Waals surface area contributed by atoms with E-state index in [0.29, 0.717) is 11.4 Å². The van der Waals surface area contributed by atoms with E-state index in [-0.39, 0.29) is 30.9 Å². The molecule has 0 spiro atoms. The first-order valence-electron chi connectivity index (χ1n) is 8.54. The zero-order valence-corrected chi connectivity index (χ0v) is 14.8. The van der Waals surface area contributed by atoms with E-state index in [2.05, 4.69) is 15.1 Å². The van der Waals surface area contributed by atoms with Crippen molar-refractivity contribution < 1.29 is 17.7 Å². The standard InChI is InChI=1S/C18H16F3N5O2/c1-25-8-5-12(10-14(25)27)15-23-16(28-24-15)17(18(19,20)21)6-9-26(11-17)13-4-2-3-7-22-13/h2-5,7-8,10H,6,9,11H2,1H3. The van der Waals surface area contributed by atoms with Crippen molar-refractivity contribution in [2.45, 2.75) is 18.0 Å². The van der Waals surface area contributed by atoms with Gasteiger partial charge >= 0.3 is 6.18 Å². The molecule has 1 aliphatic heterocycles. The monoisotopic (exact) mass is 391 g/mol. The van der Waals surface area contributed by atoms with E-state index < -0.39 is 17.5 Å². The van der Waals surface area contributed by atoms with Crippen LogP contribution in [0.4, 0.5) is 19.0 Å². The quantitative estimate of drug-likeness (QED) is 0.683. The molecule has 0 N–H and O–H groups in total. The smallest absolute Gasteiger partial charge is 0.355 e. The largest absolute Gasteiger partial charge is 0.405 e. The average molecular weight is 391 g/mol. The summed E-state index contributed by atoms with van der Waals surface area (Å²) < 4.78 is 48.7. The van der Waals surface area contributed by atoms with Crippen LogP contribution >= 0.6 is 0 Å². The molecule has 1 aliphatic rings. The first-order valence-corrected chi connectivity index (χ1v) is 8.54. The minimum atomic E-state index is -4.59. The van der Waals surface area contributed by atoms with E-state index in [4.69, 9.17) is 4.52 Å². The predicted octanol–water partition coefficient (Wildman–Crippen LogP) is 2.54. The van der Waals surface area contributed by atoms with Crippen molar-refractivity contribution in [2.75, 3.05) is 18.0 Å². The topological polar surface area (TPSA) is 77.1 Å². The number of aromatic nitrogens is 4. The summed E-state index contributed by atoms with van der Waals surface area (Å²) in [5, 5.41) is 3.69. The fourth-order valence-corrected chi connectivity index (χ4v) is 3.30. The van der Waals surface area contributed by atoms with Crippen LogP contribution in [0, 0.1) is 0 Å². The summed E-state index contributed by atoms with van der Waals surface area (Å²) in [6.45, 7) is -0.216. The molecular formula is C18H16F3N5O2. The maximum absolute atomic E-state index is 14.1. The third-order valence-corrected chi connectivity index (χ3v) is 4.98. The van der Waals surface area contributed by atoms with E-state index in [1.807, 2.05) is 0 Å². The Morgan fingerprint density at radius 2 is 2.07 bits per heavy atom. The van der Waals surface area contributed by atoms with Crippen molar-refractivity contribution in [1.29, 1.82) is 0 Å². The van der Waals surface area contributed by atoms with Gasteiger partial charge in [-0.05, 0) is 24.6 Å². The molecule has 0 bridgehead atoms. The van der Waals surface area contributed by atoms with Crippen LogP contribution < -0.4 is 10.5 Å². The number of rotatable bonds is 3. The third-order valence-electron chi connectivity index (χ3n) is 4.98. The number of alkyl halides is 3. The van der Waals surface area contributed by atoms with Gasteiger partial charge in [-0.1, -0.05) is 11.2 Å². The van der Waals surface area contributed by atoms with Gasteiger partial charge in [0.25, 0.3) is 5.56 Å². The molecule has 28 heavy (non-hydrogen) atoms. The Hall–Kier alpha value is -3.17. The highest BCUT2D eigenvalue weighted by Gasteiger charge is 2.63. The van der Waals surface area contributed by atoms with Crippen LogP contribution in [0.1, 0.15) is 12.3 Å². The van der Waals surface area contributed by atoms with Crippen molar-refractivity contribution in [3.63, 3.8) is 0 Å². The Balaban J connectivity index is 1.71. The van der Waals surface area contributed by atoms with E-state index in [0.717, 1.165) is 0 Å².